The van der Waals surface area contributed by atoms with Gasteiger partial charge in [-0.15, -0.1) is 0 Å². The van der Waals surface area contributed by atoms with E-state index in [-0.39, 0.29) is 0 Å². The van der Waals surface area contributed by atoms with Crippen LogP contribution in [0.25, 0.3) is 11.0 Å². The summed E-state index contributed by atoms with van der Waals surface area (Å²) in [5, 5.41) is 1.18. The second-order valence-electron chi connectivity index (χ2n) is 4.96. The van der Waals surface area contributed by atoms with Gasteiger partial charge in [0, 0.05) is 17.3 Å². The first-order valence-corrected chi connectivity index (χ1v) is 4.98. The molecule has 2 aromatic heterocycles. The highest BCUT2D eigenvalue weighted by molar-refractivity contribution is 5.75. The number of nitrogens with zero attached hydrogens (tertiary/aromatic N) is 1. The molecule has 0 atom stereocenters. The lowest BCUT2D eigenvalue weighted by Gasteiger charge is -2.17. The molecule has 0 saturated carbocycles. The van der Waals surface area contributed by atoms with E-state index in [9.17, 15) is 0 Å². The van der Waals surface area contributed by atoms with Crippen LogP contribution in [0.4, 0.5) is 0 Å². The molecule has 0 aliphatic heterocycles. The lowest BCUT2D eigenvalue weighted by atomic mass is 9.90. The summed E-state index contributed by atoms with van der Waals surface area (Å²) >= 11 is 0. The van der Waals surface area contributed by atoms with Crippen molar-refractivity contribution < 1.29 is 0 Å². The molecule has 0 aliphatic carbocycles. The summed E-state index contributed by atoms with van der Waals surface area (Å²) in [5.41, 5.74) is 2.45. The first-order valence-electron chi connectivity index (χ1n) is 4.98. The summed E-state index contributed by atoms with van der Waals surface area (Å²) in [7, 11) is 0. The van der Waals surface area contributed by atoms with Gasteiger partial charge in [0.05, 0.1) is 0 Å². The van der Waals surface area contributed by atoms with Gasteiger partial charge in [-0.3, -0.25) is 0 Å². The minimum absolute atomic E-state index is 0.299. The van der Waals surface area contributed by atoms with E-state index in [1.54, 1.807) is 0 Å². The Morgan fingerprint density at radius 3 is 2.71 bits per heavy atom. The molecule has 2 heterocycles. The molecule has 1 N–H and O–H groups in total. The van der Waals surface area contributed by atoms with E-state index in [0.29, 0.717) is 5.41 Å². The predicted octanol–water partition coefficient (Wildman–Crippen LogP) is 3.15. The van der Waals surface area contributed by atoms with E-state index in [0.717, 1.165) is 17.8 Å². The Balaban J connectivity index is 2.35. The molecule has 0 fully saturated rings. The molecule has 0 saturated heterocycles. The van der Waals surface area contributed by atoms with Gasteiger partial charge >= 0.3 is 0 Å². The monoisotopic (exact) mass is 188 g/mol. The minimum atomic E-state index is 0.299. The van der Waals surface area contributed by atoms with Crippen LogP contribution in [0.5, 0.6) is 0 Å². The zero-order valence-electron chi connectivity index (χ0n) is 8.96. The molecule has 14 heavy (non-hydrogen) atoms. The van der Waals surface area contributed by atoms with Crippen LogP contribution in [0, 0.1) is 5.41 Å². The van der Waals surface area contributed by atoms with Crippen molar-refractivity contribution in [2.75, 3.05) is 0 Å². The highest BCUT2D eigenvalue weighted by atomic mass is 14.8. The van der Waals surface area contributed by atoms with Gasteiger partial charge < -0.3 is 4.98 Å². The maximum absolute atomic E-state index is 4.57. The maximum atomic E-state index is 4.57. The highest BCUT2D eigenvalue weighted by Crippen LogP contribution is 2.20. The van der Waals surface area contributed by atoms with E-state index in [4.69, 9.17) is 0 Å². The van der Waals surface area contributed by atoms with Gasteiger partial charge in [-0.25, -0.2) is 4.98 Å². The van der Waals surface area contributed by atoms with Crippen molar-refractivity contribution in [2.45, 2.75) is 27.2 Å². The molecular formula is C12H16N2. The second kappa shape index (κ2) is 3.12. The lowest BCUT2D eigenvalue weighted by Crippen LogP contribution is -2.10. The van der Waals surface area contributed by atoms with Crippen LogP contribution < -0.4 is 0 Å². The summed E-state index contributed by atoms with van der Waals surface area (Å²) in [6.45, 7) is 6.69. The van der Waals surface area contributed by atoms with Crippen LogP contribution in [0.3, 0.4) is 0 Å². The smallest absolute Gasteiger partial charge is 0.137 e. The molecule has 2 aromatic rings. The summed E-state index contributed by atoms with van der Waals surface area (Å²) in [6, 6.07) is 6.28. The zero-order valence-corrected chi connectivity index (χ0v) is 8.96. The number of nitrogens with one attached hydrogen (secondary N) is 1. The second-order valence-corrected chi connectivity index (χ2v) is 4.96. The standard InChI is InChI=1S/C12H16N2/c1-12(2,3)8-10-5-4-9-6-7-13-11(9)14-10/h4-7H,8H2,1-3H3,(H,13,14). The van der Waals surface area contributed by atoms with E-state index in [2.05, 4.69) is 42.9 Å². The third-order valence-electron chi connectivity index (χ3n) is 2.18. The largest absolute Gasteiger partial charge is 0.346 e. The van der Waals surface area contributed by atoms with Gasteiger partial charge in [0.2, 0.25) is 0 Å². The number of H-pyrrole nitrogens is 1. The molecule has 2 nitrogen and oxygen atoms in total. The van der Waals surface area contributed by atoms with Crippen LogP contribution in [0.15, 0.2) is 24.4 Å². The van der Waals surface area contributed by atoms with Crippen LogP contribution in [-0.4, -0.2) is 9.97 Å². The van der Waals surface area contributed by atoms with Gasteiger partial charge in [-0.1, -0.05) is 20.8 Å². The highest BCUT2D eigenvalue weighted by Gasteiger charge is 2.12. The molecule has 0 unspecified atom stereocenters. The Kier molecular flexibility index (Phi) is 2.06. The Morgan fingerprint density at radius 1 is 1.21 bits per heavy atom. The molecule has 0 spiro atoms. The molecule has 74 valence electrons. The van der Waals surface area contributed by atoms with Gasteiger partial charge in [-0.05, 0) is 30.0 Å². The summed E-state index contributed by atoms with van der Waals surface area (Å²) in [5.74, 6) is 0. The first kappa shape index (κ1) is 9.25. The molecule has 0 radical (unpaired) electrons. The topological polar surface area (TPSA) is 28.7 Å². The molecular weight excluding hydrogens is 172 g/mol. The number of rotatable bonds is 1. The zero-order chi connectivity index (χ0) is 10.2. The number of hydrogen-bond donors (Lipinski definition) is 1. The van der Waals surface area contributed by atoms with Crippen LogP contribution in [0.1, 0.15) is 26.5 Å². The van der Waals surface area contributed by atoms with Crippen molar-refractivity contribution in [1.29, 1.82) is 0 Å². The molecule has 0 aliphatic rings. The van der Waals surface area contributed by atoms with Gasteiger partial charge in [-0.2, -0.15) is 0 Å². The number of hydrogen-bond acceptors (Lipinski definition) is 1. The third-order valence-corrected chi connectivity index (χ3v) is 2.18. The van der Waals surface area contributed by atoms with Crippen LogP contribution in [-0.2, 0) is 6.42 Å². The van der Waals surface area contributed by atoms with Gasteiger partial charge in [0.1, 0.15) is 5.65 Å². The fourth-order valence-electron chi connectivity index (χ4n) is 1.61. The minimum Gasteiger partial charge on any atom is -0.346 e. The van der Waals surface area contributed by atoms with Crippen LogP contribution in [0.2, 0.25) is 0 Å². The maximum Gasteiger partial charge on any atom is 0.137 e. The van der Waals surface area contributed by atoms with Crippen molar-refractivity contribution in [3.8, 4) is 0 Å². The predicted molar refractivity (Wildman–Crippen MR) is 59.3 cm³/mol. The van der Waals surface area contributed by atoms with E-state index >= 15 is 0 Å². The first-order chi connectivity index (χ1) is 6.54. The molecule has 0 bridgehead atoms. The fourth-order valence-corrected chi connectivity index (χ4v) is 1.61. The fraction of sp³-hybridized carbons (Fsp3) is 0.417. The Morgan fingerprint density at radius 2 is 2.00 bits per heavy atom. The van der Waals surface area contributed by atoms with E-state index < -0.39 is 0 Å². The molecule has 2 heteroatoms. The number of aromatic amines is 1. The molecule has 0 amide bonds. The van der Waals surface area contributed by atoms with E-state index in [1.165, 1.54) is 5.39 Å². The summed E-state index contributed by atoms with van der Waals surface area (Å²) in [6.07, 6.45) is 2.94. The average Bonchev–Trinajstić information content (AvgIpc) is 2.47. The van der Waals surface area contributed by atoms with E-state index in [1.807, 2.05) is 12.3 Å². The Labute approximate surface area is 84.4 Å². The van der Waals surface area contributed by atoms with Crippen molar-refractivity contribution in [2.24, 2.45) is 5.41 Å². The third kappa shape index (κ3) is 1.95. The van der Waals surface area contributed by atoms with Gasteiger partial charge in [0.15, 0.2) is 0 Å². The Bertz CT molecular complexity index is 435. The molecule has 2 rings (SSSR count). The normalized spacial score (nSPS) is 12.2. The van der Waals surface area contributed by atoms with Crippen molar-refractivity contribution >= 4 is 11.0 Å². The van der Waals surface area contributed by atoms with Crippen molar-refractivity contribution in [3.05, 3.63) is 30.1 Å². The average molecular weight is 188 g/mol. The lowest BCUT2D eigenvalue weighted by molar-refractivity contribution is 0.407. The summed E-state index contributed by atoms with van der Waals surface area (Å²) in [4.78, 5) is 7.70. The van der Waals surface area contributed by atoms with Crippen molar-refractivity contribution in [3.63, 3.8) is 0 Å². The Hall–Kier alpha value is -1.31. The van der Waals surface area contributed by atoms with Crippen LogP contribution >= 0.6 is 0 Å². The number of fused-ring (bicyclic) bond motifs is 1. The quantitative estimate of drug-likeness (QED) is 0.731. The number of pyridine rings is 1. The van der Waals surface area contributed by atoms with Crippen molar-refractivity contribution in [1.82, 2.24) is 9.97 Å². The molecule has 0 aromatic carbocycles. The summed E-state index contributed by atoms with van der Waals surface area (Å²) < 4.78 is 0. The van der Waals surface area contributed by atoms with Gasteiger partial charge in [0.25, 0.3) is 0 Å². The SMILES string of the molecule is CC(C)(C)Cc1ccc2cc[nH]c2n1. The number of aromatic nitrogens is 2.